The highest BCUT2D eigenvalue weighted by atomic mass is 19.1. The van der Waals surface area contributed by atoms with E-state index in [0.29, 0.717) is 12.1 Å². The van der Waals surface area contributed by atoms with Crippen molar-refractivity contribution in [2.24, 2.45) is 0 Å². The Bertz CT molecular complexity index is 1010. The Hall–Kier alpha value is -3.22. The Morgan fingerprint density at radius 1 is 1.16 bits per heavy atom. The van der Waals surface area contributed by atoms with Crippen LogP contribution in [0, 0.1) is 5.82 Å². The van der Waals surface area contributed by atoms with Crippen molar-refractivity contribution >= 4 is 17.8 Å². The van der Waals surface area contributed by atoms with Gasteiger partial charge in [-0.1, -0.05) is 49.4 Å². The predicted molar refractivity (Wildman–Crippen MR) is 118 cm³/mol. The monoisotopic (exact) mass is 437 g/mol. The van der Waals surface area contributed by atoms with Gasteiger partial charge in [-0.05, 0) is 49.4 Å². The van der Waals surface area contributed by atoms with E-state index in [1.54, 1.807) is 6.92 Å². The van der Waals surface area contributed by atoms with Crippen LogP contribution < -0.4 is 5.32 Å². The first kappa shape index (κ1) is 22.0. The van der Waals surface area contributed by atoms with Gasteiger partial charge in [-0.3, -0.25) is 14.5 Å². The molecule has 0 aromatic heterocycles. The van der Waals surface area contributed by atoms with Crippen LogP contribution >= 0.6 is 0 Å². The maximum Gasteiger partial charge on any atom is 0.325 e. The van der Waals surface area contributed by atoms with Gasteiger partial charge < -0.3 is 10.2 Å². The summed E-state index contributed by atoms with van der Waals surface area (Å²) < 4.78 is 13.3. The second-order valence-corrected chi connectivity index (χ2v) is 8.68. The van der Waals surface area contributed by atoms with Crippen LogP contribution in [0.3, 0.4) is 0 Å². The summed E-state index contributed by atoms with van der Waals surface area (Å²) in [4.78, 5) is 41.8. The molecule has 2 fully saturated rings. The number of hydrogen-bond acceptors (Lipinski definition) is 3. The van der Waals surface area contributed by atoms with Crippen molar-refractivity contribution in [3.8, 4) is 0 Å². The Kier molecular flexibility index (Phi) is 6.00. The smallest absolute Gasteiger partial charge is 0.325 e. The topological polar surface area (TPSA) is 69.7 Å². The summed E-state index contributed by atoms with van der Waals surface area (Å²) in [5.41, 5.74) is 0.339. The molecule has 4 amide bonds. The van der Waals surface area contributed by atoms with Crippen LogP contribution in [-0.2, 0) is 15.1 Å². The van der Waals surface area contributed by atoms with E-state index in [-0.39, 0.29) is 24.4 Å². The van der Waals surface area contributed by atoms with Gasteiger partial charge in [0, 0.05) is 18.5 Å². The van der Waals surface area contributed by atoms with Gasteiger partial charge in [-0.15, -0.1) is 0 Å². The second-order valence-electron chi connectivity index (χ2n) is 8.68. The van der Waals surface area contributed by atoms with Gasteiger partial charge in [-0.25, -0.2) is 9.18 Å². The number of benzene rings is 2. The molecule has 2 heterocycles. The Balaban J connectivity index is 1.51. The van der Waals surface area contributed by atoms with Gasteiger partial charge in [0.25, 0.3) is 5.91 Å². The zero-order valence-corrected chi connectivity index (χ0v) is 18.4. The molecule has 3 atom stereocenters. The van der Waals surface area contributed by atoms with Gasteiger partial charge in [-0.2, -0.15) is 0 Å². The molecule has 0 radical (unpaired) electrons. The van der Waals surface area contributed by atoms with E-state index < -0.39 is 23.3 Å². The molecule has 4 rings (SSSR count). The molecule has 2 aliphatic heterocycles. The molecule has 6 nitrogen and oxygen atoms in total. The molecule has 7 heteroatoms. The zero-order chi connectivity index (χ0) is 22.9. The van der Waals surface area contributed by atoms with Gasteiger partial charge in [0.2, 0.25) is 5.91 Å². The minimum atomic E-state index is -1.33. The SMILES string of the molecule is CC[C@H](c1ccccc1)[C@H]1CCCN1C(=O)CN1C(=O)N[C@@](C)(c2ccc(F)cc2)C1=O. The summed E-state index contributed by atoms with van der Waals surface area (Å²) in [5.74, 6) is -0.956. The molecular formula is C25H28FN3O3. The molecule has 0 saturated carbocycles. The lowest BCUT2D eigenvalue weighted by atomic mass is 9.87. The van der Waals surface area contributed by atoms with E-state index in [9.17, 15) is 18.8 Å². The first-order valence-corrected chi connectivity index (χ1v) is 11.1. The van der Waals surface area contributed by atoms with E-state index >= 15 is 0 Å². The third-order valence-electron chi connectivity index (χ3n) is 6.74. The van der Waals surface area contributed by atoms with Crippen LogP contribution in [0.2, 0.25) is 0 Å². The quantitative estimate of drug-likeness (QED) is 0.700. The van der Waals surface area contributed by atoms with Gasteiger partial charge in [0.1, 0.15) is 17.9 Å². The van der Waals surface area contributed by atoms with E-state index in [2.05, 4.69) is 24.4 Å². The van der Waals surface area contributed by atoms with Crippen molar-refractivity contribution in [2.45, 2.75) is 50.6 Å². The van der Waals surface area contributed by atoms with E-state index in [0.717, 1.165) is 24.2 Å². The van der Waals surface area contributed by atoms with Gasteiger partial charge >= 0.3 is 6.03 Å². The van der Waals surface area contributed by atoms with Crippen molar-refractivity contribution in [1.82, 2.24) is 15.1 Å². The van der Waals surface area contributed by atoms with Crippen molar-refractivity contribution in [1.29, 1.82) is 0 Å². The van der Waals surface area contributed by atoms with Crippen LogP contribution in [0.1, 0.15) is 50.2 Å². The summed E-state index contributed by atoms with van der Waals surface area (Å²) in [5, 5.41) is 2.68. The third kappa shape index (κ3) is 3.87. The third-order valence-corrected chi connectivity index (χ3v) is 6.74. The average molecular weight is 438 g/mol. The minimum absolute atomic E-state index is 0.0409. The number of amides is 4. The summed E-state index contributed by atoms with van der Waals surface area (Å²) in [7, 11) is 0. The number of carbonyl (C=O) groups is 3. The van der Waals surface area contributed by atoms with Gasteiger partial charge in [0.15, 0.2) is 0 Å². The molecule has 0 spiro atoms. The summed E-state index contributed by atoms with van der Waals surface area (Å²) >= 11 is 0. The molecule has 0 aliphatic carbocycles. The lowest BCUT2D eigenvalue weighted by Crippen LogP contribution is -2.47. The van der Waals surface area contributed by atoms with E-state index in [1.807, 2.05) is 23.1 Å². The van der Waals surface area contributed by atoms with Crippen molar-refractivity contribution in [2.75, 3.05) is 13.1 Å². The molecule has 0 unspecified atom stereocenters. The minimum Gasteiger partial charge on any atom is -0.338 e. The zero-order valence-electron chi connectivity index (χ0n) is 18.4. The second kappa shape index (κ2) is 8.73. The van der Waals surface area contributed by atoms with Crippen LogP contribution in [0.4, 0.5) is 9.18 Å². The molecule has 2 aromatic carbocycles. The van der Waals surface area contributed by atoms with Crippen LogP contribution in [-0.4, -0.2) is 46.8 Å². The standard InChI is InChI=1S/C25H28FN3O3/c1-3-20(17-8-5-4-6-9-17)21-10-7-15-28(21)22(30)16-29-23(31)25(2,27-24(29)32)18-11-13-19(26)14-12-18/h4-6,8-9,11-14,20-21H,3,7,10,15-16H2,1-2H3,(H,27,32)/t20-,21-,25+/m1/s1. The lowest BCUT2D eigenvalue weighted by Gasteiger charge is -2.32. The van der Waals surface area contributed by atoms with E-state index in [1.165, 1.54) is 29.8 Å². The van der Waals surface area contributed by atoms with Crippen LogP contribution in [0.5, 0.6) is 0 Å². The number of urea groups is 1. The number of imide groups is 1. The maximum atomic E-state index is 13.3. The van der Waals surface area contributed by atoms with Crippen molar-refractivity contribution < 1.29 is 18.8 Å². The number of rotatable bonds is 6. The van der Waals surface area contributed by atoms with Crippen LogP contribution in [0.15, 0.2) is 54.6 Å². The maximum absolute atomic E-state index is 13.3. The fourth-order valence-electron chi connectivity index (χ4n) is 5.00. The van der Waals surface area contributed by atoms with Crippen LogP contribution in [0.25, 0.3) is 0 Å². The molecule has 1 N–H and O–H groups in total. The largest absolute Gasteiger partial charge is 0.338 e. The number of nitrogens with zero attached hydrogens (tertiary/aromatic N) is 2. The first-order valence-electron chi connectivity index (χ1n) is 11.1. The molecule has 2 aromatic rings. The predicted octanol–water partition coefficient (Wildman–Crippen LogP) is 3.78. The number of likely N-dealkylation sites (tertiary alicyclic amines) is 1. The Morgan fingerprint density at radius 2 is 1.84 bits per heavy atom. The average Bonchev–Trinajstić information content (AvgIpc) is 3.35. The van der Waals surface area contributed by atoms with Crippen molar-refractivity contribution in [3.05, 3.63) is 71.5 Å². The fourth-order valence-corrected chi connectivity index (χ4v) is 5.00. The number of carbonyl (C=O) groups excluding carboxylic acids is 3. The highest BCUT2D eigenvalue weighted by Gasteiger charge is 2.50. The molecule has 2 saturated heterocycles. The number of hydrogen-bond donors (Lipinski definition) is 1. The molecule has 168 valence electrons. The lowest BCUT2D eigenvalue weighted by molar-refractivity contribution is -0.139. The molecular weight excluding hydrogens is 409 g/mol. The Labute approximate surface area is 187 Å². The summed E-state index contributed by atoms with van der Waals surface area (Å²) in [6, 6.07) is 15.0. The fraction of sp³-hybridized carbons (Fsp3) is 0.400. The summed E-state index contributed by atoms with van der Waals surface area (Å²) in [6.45, 7) is 4.01. The normalized spacial score (nSPS) is 24.0. The summed E-state index contributed by atoms with van der Waals surface area (Å²) in [6.07, 6.45) is 2.68. The highest BCUT2D eigenvalue weighted by molar-refractivity contribution is 6.09. The first-order chi connectivity index (χ1) is 15.3. The Morgan fingerprint density at radius 3 is 2.50 bits per heavy atom. The number of halogens is 1. The highest BCUT2D eigenvalue weighted by Crippen LogP contribution is 2.34. The van der Waals surface area contributed by atoms with Crippen molar-refractivity contribution in [3.63, 3.8) is 0 Å². The molecule has 0 bridgehead atoms. The molecule has 2 aliphatic rings. The van der Waals surface area contributed by atoms with E-state index in [4.69, 9.17) is 0 Å². The molecule has 32 heavy (non-hydrogen) atoms. The number of nitrogens with one attached hydrogen (secondary N) is 1. The van der Waals surface area contributed by atoms with Gasteiger partial charge in [0.05, 0.1) is 0 Å².